The minimum Gasteiger partial charge on any atom is -0.469 e. The summed E-state index contributed by atoms with van der Waals surface area (Å²) in [7, 11) is 1.40. The number of rotatable bonds is 6. The lowest BCUT2D eigenvalue weighted by Crippen LogP contribution is -2.32. The van der Waals surface area contributed by atoms with Crippen LogP contribution in [0.4, 0.5) is 5.13 Å². The molecule has 0 aromatic carbocycles. The lowest BCUT2D eigenvalue weighted by atomic mass is 10.2. The lowest BCUT2D eigenvalue weighted by Gasteiger charge is -2.12. The molecule has 1 unspecified atom stereocenters. The SMILES string of the molecule is COC(=O)CCC(C)NNc1nccs1. The molecule has 0 aliphatic rings. The zero-order valence-corrected chi connectivity index (χ0v) is 9.63. The van der Waals surface area contributed by atoms with Crippen LogP contribution >= 0.6 is 11.3 Å². The second kappa shape index (κ2) is 6.36. The molecule has 0 amide bonds. The average Bonchev–Trinajstić information content (AvgIpc) is 2.75. The van der Waals surface area contributed by atoms with Crippen molar-refractivity contribution < 1.29 is 9.53 Å². The number of nitrogens with one attached hydrogen (secondary N) is 2. The fourth-order valence-electron chi connectivity index (χ4n) is 0.979. The van der Waals surface area contributed by atoms with Crippen LogP contribution in [0, 0.1) is 0 Å². The maximum absolute atomic E-state index is 10.9. The Morgan fingerprint density at radius 2 is 2.53 bits per heavy atom. The summed E-state index contributed by atoms with van der Waals surface area (Å²) in [5, 5.41) is 2.71. The minimum absolute atomic E-state index is 0.183. The molecule has 0 spiro atoms. The van der Waals surface area contributed by atoms with Gasteiger partial charge in [-0.3, -0.25) is 10.2 Å². The smallest absolute Gasteiger partial charge is 0.305 e. The van der Waals surface area contributed by atoms with Crippen molar-refractivity contribution in [3.63, 3.8) is 0 Å². The molecule has 1 heterocycles. The summed E-state index contributed by atoms with van der Waals surface area (Å²) >= 11 is 1.52. The number of esters is 1. The van der Waals surface area contributed by atoms with Gasteiger partial charge in [0.05, 0.1) is 7.11 Å². The third-order valence-electron chi connectivity index (χ3n) is 1.87. The predicted octanol–water partition coefficient (Wildman–Crippen LogP) is 1.40. The van der Waals surface area contributed by atoms with Crippen molar-refractivity contribution in [2.24, 2.45) is 0 Å². The van der Waals surface area contributed by atoms with E-state index < -0.39 is 0 Å². The van der Waals surface area contributed by atoms with Gasteiger partial charge >= 0.3 is 5.97 Å². The second-order valence-electron chi connectivity index (χ2n) is 3.12. The van der Waals surface area contributed by atoms with Gasteiger partial charge in [0.25, 0.3) is 0 Å². The van der Waals surface area contributed by atoms with Crippen LogP contribution in [0.3, 0.4) is 0 Å². The standard InChI is InChI=1S/C9H15N3O2S/c1-7(3-4-8(13)14-2)11-12-9-10-5-6-15-9/h5-7,11H,3-4H2,1-2H3,(H,10,12). The van der Waals surface area contributed by atoms with E-state index in [0.717, 1.165) is 11.6 Å². The van der Waals surface area contributed by atoms with Gasteiger partial charge in [-0.2, -0.15) is 0 Å². The number of methoxy groups -OCH3 is 1. The highest BCUT2D eigenvalue weighted by atomic mass is 32.1. The summed E-state index contributed by atoms with van der Waals surface area (Å²) < 4.78 is 4.55. The summed E-state index contributed by atoms with van der Waals surface area (Å²) in [5.41, 5.74) is 6.03. The molecule has 84 valence electrons. The third kappa shape index (κ3) is 4.75. The van der Waals surface area contributed by atoms with Crippen molar-refractivity contribution in [3.8, 4) is 0 Å². The molecule has 1 atom stereocenters. The first-order valence-electron chi connectivity index (χ1n) is 4.70. The Hall–Kier alpha value is -1.14. The number of carbonyl (C=O) groups is 1. The Bertz CT molecular complexity index is 290. The number of thiazole rings is 1. The summed E-state index contributed by atoms with van der Waals surface area (Å²) in [6.07, 6.45) is 2.88. The van der Waals surface area contributed by atoms with Crippen molar-refractivity contribution in [2.45, 2.75) is 25.8 Å². The van der Waals surface area contributed by atoms with Crippen LogP contribution in [0.1, 0.15) is 19.8 Å². The molecular formula is C9H15N3O2S. The third-order valence-corrected chi connectivity index (χ3v) is 2.56. The highest BCUT2D eigenvalue weighted by molar-refractivity contribution is 7.13. The molecule has 0 fully saturated rings. The molecule has 0 saturated heterocycles. The molecule has 15 heavy (non-hydrogen) atoms. The van der Waals surface area contributed by atoms with Crippen LogP contribution in [0.15, 0.2) is 11.6 Å². The molecule has 6 heteroatoms. The molecule has 5 nitrogen and oxygen atoms in total. The van der Waals surface area contributed by atoms with Crippen molar-refractivity contribution >= 4 is 22.4 Å². The van der Waals surface area contributed by atoms with Gasteiger partial charge < -0.3 is 4.74 Å². The molecule has 1 aromatic rings. The molecule has 1 rings (SSSR count). The van der Waals surface area contributed by atoms with E-state index in [1.807, 2.05) is 12.3 Å². The fraction of sp³-hybridized carbons (Fsp3) is 0.556. The van der Waals surface area contributed by atoms with Crippen molar-refractivity contribution in [3.05, 3.63) is 11.6 Å². The lowest BCUT2D eigenvalue weighted by molar-refractivity contribution is -0.140. The van der Waals surface area contributed by atoms with E-state index in [1.54, 1.807) is 6.20 Å². The fourth-order valence-corrected chi connectivity index (χ4v) is 1.47. The summed E-state index contributed by atoms with van der Waals surface area (Å²) in [6, 6.07) is 0.188. The normalized spacial score (nSPS) is 12.1. The van der Waals surface area contributed by atoms with Crippen LogP contribution in [0.5, 0.6) is 0 Å². The maximum atomic E-state index is 10.9. The highest BCUT2D eigenvalue weighted by Crippen LogP contribution is 2.09. The molecule has 1 aromatic heterocycles. The zero-order valence-electron chi connectivity index (χ0n) is 8.82. The zero-order chi connectivity index (χ0) is 11.1. The van der Waals surface area contributed by atoms with Gasteiger partial charge in [-0.1, -0.05) is 0 Å². The van der Waals surface area contributed by atoms with E-state index >= 15 is 0 Å². The van der Waals surface area contributed by atoms with Gasteiger partial charge in [-0.25, -0.2) is 10.4 Å². The molecule has 0 radical (unpaired) electrons. The number of hydrazine groups is 1. The van der Waals surface area contributed by atoms with Gasteiger partial charge in [0.1, 0.15) is 0 Å². The van der Waals surface area contributed by atoms with Gasteiger partial charge in [0.2, 0.25) is 0 Å². The summed E-state index contributed by atoms with van der Waals surface area (Å²) in [6.45, 7) is 1.99. The Labute approximate surface area is 92.8 Å². The van der Waals surface area contributed by atoms with E-state index in [9.17, 15) is 4.79 Å². The monoisotopic (exact) mass is 229 g/mol. The van der Waals surface area contributed by atoms with Crippen LogP contribution < -0.4 is 10.9 Å². The number of hydrogen-bond donors (Lipinski definition) is 2. The molecule has 0 saturated carbocycles. The van der Waals surface area contributed by atoms with Crippen LogP contribution in [0.25, 0.3) is 0 Å². The van der Waals surface area contributed by atoms with Gasteiger partial charge in [0.15, 0.2) is 5.13 Å². The van der Waals surface area contributed by atoms with E-state index in [2.05, 4.69) is 20.6 Å². The van der Waals surface area contributed by atoms with Crippen molar-refractivity contribution in [1.29, 1.82) is 0 Å². The van der Waals surface area contributed by atoms with Gasteiger partial charge in [-0.15, -0.1) is 11.3 Å². The van der Waals surface area contributed by atoms with E-state index in [0.29, 0.717) is 6.42 Å². The van der Waals surface area contributed by atoms with E-state index in [-0.39, 0.29) is 12.0 Å². The molecular weight excluding hydrogens is 214 g/mol. The van der Waals surface area contributed by atoms with E-state index in [4.69, 9.17) is 0 Å². The number of hydrogen-bond acceptors (Lipinski definition) is 6. The number of anilines is 1. The summed E-state index contributed by atoms with van der Waals surface area (Å²) in [4.78, 5) is 14.9. The van der Waals surface area contributed by atoms with Crippen LogP contribution in [-0.4, -0.2) is 24.1 Å². The highest BCUT2D eigenvalue weighted by Gasteiger charge is 2.06. The Balaban J connectivity index is 2.13. The number of ether oxygens (including phenoxy) is 1. The first-order chi connectivity index (χ1) is 7.22. The van der Waals surface area contributed by atoms with E-state index in [1.165, 1.54) is 18.4 Å². The number of nitrogens with zero attached hydrogens (tertiary/aromatic N) is 1. The maximum Gasteiger partial charge on any atom is 0.305 e. The van der Waals surface area contributed by atoms with Crippen molar-refractivity contribution in [2.75, 3.05) is 12.5 Å². The molecule has 0 bridgehead atoms. The predicted molar refractivity (Wildman–Crippen MR) is 59.6 cm³/mol. The molecule has 2 N–H and O–H groups in total. The van der Waals surface area contributed by atoms with Crippen LogP contribution in [0.2, 0.25) is 0 Å². The number of aromatic nitrogens is 1. The number of carbonyl (C=O) groups excluding carboxylic acids is 1. The van der Waals surface area contributed by atoms with Gasteiger partial charge in [0, 0.05) is 24.0 Å². The van der Waals surface area contributed by atoms with Gasteiger partial charge in [-0.05, 0) is 13.3 Å². The second-order valence-corrected chi connectivity index (χ2v) is 4.02. The summed E-state index contributed by atoms with van der Waals surface area (Å²) in [5.74, 6) is -0.183. The quantitative estimate of drug-likeness (QED) is 0.570. The van der Waals surface area contributed by atoms with Crippen molar-refractivity contribution in [1.82, 2.24) is 10.4 Å². The molecule has 0 aliphatic carbocycles. The Morgan fingerprint density at radius 1 is 1.73 bits per heavy atom. The first kappa shape index (κ1) is 11.9. The van der Waals surface area contributed by atoms with Crippen LogP contribution in [-0.2, 0) is 9.53 Å². The Morgan fingerprint density at radius 3 is 3.13 bits per heavy atom. The Kier molecular flexibility index (Phi) is 5.06. The topological polar surface area (TPSA) is 63.2 Å². The average molecular weight is 229 g/mol. The first-order valence-corrected chi connectivity index (χ1v) is 5.58. The molecule has 0 aliphatic heterocycles. The minimum atomic E-state index is -0.183. The largest absolute Gasteiger partial charge is 0.469 e.